The van der Waals surface area contributed by atoms with Gasteiger partial charge in [-0.15, -0.1) is 0 Å². The van der Waals surface area contributed by atoms with Gasteiger partial charge in [0.1, 0.15) is 6.04 Å². The largest absolute Gasteiger partial charge is 0.480 e. The number of carboxylic acid groups (broad SMARTS) is 1. The number of aliphatic imine (C=N–C) groups is 1. The molecule has 0 bridgehead atoms. The summed E-state index contributed by atoms with van der Waals surface area (Å²) in [5.74, 6) is -1.15. The molecule has 0 saturated carbocycles. The minimum absolute atomic E-state index is 0.0840. The van der Waals surface area contributed by atoms with E-state index in [4.69, 9.17) is 16.1 Å². The second-order valence-electron chi connectivity index (χ2n) is 3.90. The highest BCUT2D eigenvalue weighted by atomic mass is 17.1. The van der Waals surface area contributed by atoms with E-state index in [2.05, 4.69) is 9.88 Å². The lowest BCUT2D eigenvalue weighted by Gasteiger charge is -2.25. The molecular formula is C11H12N2O4. The van der Waals surface area contributed by atoms with Crippen LogP contribution in [0.2, 0.25) is 0 Å². The molecule has 0 saturated heterocycles. The molecule has 17 heavy (non-hydrogen) atoms. The lowest BCUT2D eigenvalue weighted by molar-refractivity contribution is -0.305. The number of nitrogens with zero attached hydrogens (tertiary/aromatic N) is 1. The van der Waals surface area contributed by atoms with Gasteiger partial charge in [0.25, 0.3) is 0 Å². The molecule has 1 aromatic rings. The number of nitrogens with two attached hydrogens (primary N) is 1. The first-order valence-electron chi connectivity index (χ1n) is 5.05. The van der Waals surface area contributed by atoms with Crippen molar-refractivity contribution in [2.45, 2.75) is 18.1 Å². The van der Waals surface area contributed by atoms with Crippen LogP contribution in [0.3, 0.4) is 0 Å². The van der Waals surface area contributed by atoms with Crippen molar-refractivity contribution in [1.29, 1.82) is 0 Å². The fourth-order valence-corrected chi connectivity index (χ4v) is 1.87. The minimum atomic E-state index is -1.27. The molecule has 0 spiro atoms. The molecule has 0 fully saturated rings. The molecule has 1 heterocycles. The third kappa shape index (κ3) is 1.93. The summed E-state index contributed by atoms with van der Waals surface area (Å²) in [7, 11) is 0. The Balaban J connectivity index is 2.35. The van der Waals surface area contributed by atoms with E-state index in [0.29, 0.717) is 11.3 Å². The highest BCUT2D eigenvalue weighted by molar-refractivity contribution is 5.85. The van der Waals surface area contributed by atoms with Gasteiger partial charge >= 0.3 is 5.97 Å². The molecule has 0 amide bonds. The van der Waals surface area contributed by atoms with Crippen LogP contribution in [0, 0.1) is 0 Å². The van der Waals surface area contributed by atoms with Gasteiger partial charge in [-0.05, 0) is 6.07 Å². The Kier molecular flexibility index (Phi) is 2.93. The zero-order valence-electron chi connectivity index (χ0n) is 8.91. The van der Waals surface area contributed by atoms with Gasteiger partial charge < -0.3 is 10.8 Å². The first-order valence-corrected chi connectivity index (χ1v) is 5.05. The van der Waals surface area contributed by atoms with Crippen LogP contribution < -0.4 is 5.73 Å². The van der Waals surface area contributed by atoms with Crippen molar-refractivity contribution in [3.63, 3.8) is 0 Å². The summed E-state index contributed by atoms with van der Waals surface area (Å²) >= 11 is 0. The van der Waals surface area contributed by atoms with Crippen molar-refractivity contribution in [2.24, 2.45) is 10.7 Å². The third-order valence-corrected chi connectivity index (χ3v) is 2.78. The summed E-state index contributed by atoms with van der Waals surface area (Å²) in [6, 6.07) is 5.88. The molecule has 2 atom stereocenters. The van der Waals surface area contributed by atoms with Crippen molar-refractivity contribution >= 4 is 17.9 Å². The van der Waals surface area contributed by atoms with Crippen LogP contribution in [-0.2, 0) is 15.3 Å². The van der Waals surface area contributed by atoms with E-state index in [-0.39, 0.29) is 6.42 Å². The maximum Gasteiger partial charge on any atom is 0.320 e. The van der Waals surface area contributed by atoms with Crippen molar-refractivity contribution in [3.05, 3.63) is 29.8 Å². The van der Waals surface area contributed by atoms with E-state index >= 15 is 0 Å². The summed E-state index contributed by atoms with van der Waals surface area (Å²) in [6.45, 7) is 0. The molecule has 1 aliphatic rings. The summed E-state index contributed by atoms with van der Waals surface area (Å²) in [5.41, 5.74) is 5.44. The Labute approximate surface area is 97.3 Å². The number of aliphatic carboxylic acids is 1. The highest BCUT2D eigenvalue weighted by Crippen LogP contribution is 2.39. The van der Waals surface area contributed by atoms with E-state index in [0.717, 1.165) is 0 Å². The monoisotopic (exact) mass is 236 g/mol. The molecule has 1 aromatic carbocycles. The van der Waals surface area contributed by atoms with Crippen LogP contribution in [0.15, 0.2) is 29.3 Å². The Morgan fingerprint density at radius 1 is 1.53 bits per heavy atom. The molecule has 0 aliphatic carbocycles. The fraction of sp³-hybridized carbons (Fsp3) is 0.273. The number of rotatable bonds is 4. The summed E-state index contributed by atoms with van der Waals surface area (Å²) in [5, 5.41) is 17.8. The number of carbonyl (C=O) groups is 1. The number of hydrogen-bond donors (Lipinski definition) is 3. The Bertz CT molecular complexity index is 474. The van der Waals surface area contributed by atoms with Crippen LogP contribution in [0.25, 0.3) is 0 Å². The lowest BCUT2D eigenvalue weighted by atomic mass is 9.89. The van der Waals surface area contributed by atoms with Gasteiger partial charge in [0.05, 0.1) is 5.69 Å². The average molecular weight is 236 g/mol. The van der Waals surface area contributed by atoms with E-state index in [9.17, 15) is 4.79 Å². The van der Waals surface area contributed by atoms with Crippen LogP contribution in [0.5, 0.6) is 0 Å². The van der Waals surface area contributed by atoms with Gasteiger partial charge in [0.2, 0.25) is 0 Å². The molecular weight excluding hydrogens is 224 g/mol. The maximum absolute atomic E-state index is 10.8. The summed E-state index contributed by atoms with van der Waals surface area (Å²) < 4.78 is 0. The summed E-state index contributed by atoms with van der Waals surface area (Å²) in [4.78, 5) is 19.3. The number of carboxylic acids is 1. The van der Waals surface area contributed by atoms with Crippen LogP contribution in [-0.4, -0.2) is 28.6 Å². The Hall–Kier alpha value is -1.76. The quantitative estimate of drug-likeness (QED) is 0.531. The van der Waals surface area contributed by atoms with Gasteiger partial charge in [-0.3, -0.25) is 15.0 Å². The third-order valence-electron chi connectivity index (χ3n) is 2.78. The van der Waals surface area contributed by atoms with Crippen LogP contribution in [0.1, 0.15) is 12.0 Å². The number of benzene rings is 1. The zero-order chi connectivity index (χ0) is 12.5. The molecule has 4 N–H and O–H groups in total. The molecule has 0 unspecified atom stereocenters. The maximum atomic E-state index is 10.8. The van der Waals surface area contributed by atoms with Gasteiger partial charge in [0, 0.05) is 18.2 Å². The van der Waals surface area contributed by atoms with E-state index in [1.807, 2.05) is 0 Å². The number of hydrogen-bond acceptors (Lipinski definition) is 5. The SMILES string of the molecule is N[C@@H](C[C@@]1(OO)C=Nc2ccccc21)C(=O)O. The van der Waals surface area contributed by atoms with E-state index in [1.54, 1.807) is 24.3 Å². The second kappa shape index (κ2) is 4.25. The molecule has 90 valence electrons. The fourth-order valence-electron chi connectivity index (χ4n) is 1.87. The molecule has 6 nitrogen and oxygen atoms in total. The van der Waals surface area contributed by atoms with Crippen molar-refractivity contribution in [3.8, 4) is 0 Å². The van der Waals surface area contributed by atoms with E-state index < -0.39 is 17.6 Å². The highest BCUT2D eigenvalue weighted by Gasteiger charge is 2.41. The Morgan fingerprint density at radius 3 is 2.88 bits per heavy atom. The standard InChI is InChI=1S/C11H12N2O4/c12-8(10(14)15)5-11(17-16)6-13-9-4-2-1-3-7(9)11/h1-4,6,8,16H,5,12H2,(H,14,15)/t8-,11+/m0/s1. The first-order chi connectivity index (χ1) is 8.09. The molecule has 6 heteroatoms. The predicted molar refractivity (Wildman–Crippen MR) is 60.2 cm³/mol. The molecule has 0 radical (unpaired) electrons. The minimum Gasteiger partial charge on any atom is -0.480 e. The molecule has 1 aliphatic heterocycles. The van der Waals surface area contributed by atoms with Gasteiger partial charge in [-0.25, -0.2) is 4.89 Å². The normalized spacial score (nSPS) is 23.4. The number of fused-ring (bicyclic) bond motifs is 1. The second-order valence-corrected chi connectivity index (χ2v) is 3.90. The van der Waals surface area contributed by atoms with Crippen LogP contribution >= 0.6 is 0 Å². The number of para-hydroxylation sites is 1. The van der Waals surface area contributed by atoms with Gasteiger partial charge in [-0.2, -0.15) is 0 Å². The molecule has 2 rings (SSSR count). The Morgan fingerprint density at radius 2 is 2.24 bits per heavy atom. The van der Waals surface area contributed by atoms with Crippen molar-refractivity contribution < 1.29 is 20.0 Å². The summed E-state index contributed by atoms with van der Waals surface area (Å²) in [6.07, 6.45) is 1.29. The first kappa shape index (κ1) is 11.7. The predicted octanol–water partition coefficient (Wildman–Crippen LogP) is 0.889. The van der Waals surface area contributed by atoms with E-state index in [1.165, 1.54) is 6.21 Å². The topological polar surface area (TPSA) is 105 Å². The molecule has 0 aromatic heterocycles. The van der Waals surface area contributed by atoms with Crippen LogP contribution in [0.4, 0.5) is 5.69 Å². The van der Waals surface area contributed by atoms with Crippen molar-refractivity contribution in [2.75, 3.05) is 0 Å². The van der Waals surface area contributed by atoms with Gasteiger partial charge in [0.15, 0.2) is 5.60 Å². The van der Waals surface area contributed by atoms with Crippen molar-refractivity contribution in [1.82, 2.24) is 0 Å². The van der Waals surface area contributed by atoms with Gasteiger partial charge in [-0.1, -0.05) is 18.2 Å². The smallest absolute Gasteiger partial charge is 0.320 e. The average Bonchev–Trinajstić information content (AvgIpc) is 2.69. The zero-order valence-corrected chi connectivity index (χ0v) is 8.91. The lowest BCUT2D eigenvalue weighted by Crippen LogP contribution is -2.41.